The molecule has 0 spiro atoms. The number of halogens is 1. The molecule has 0 aliphatic carbocycles. The highest BCUT2D eigenvalue weighted by molar-refractivity contribution is 14.1. The van der Waals surface area contributed by atoms with Crippen molar-refractivity contribution < 1.29 is 4.79 Å². The van der Waals surface area contributed by atoms with Gasteiger partial charge in [0.1, 0.15) is 5.01 Å². The van der Waals surface area contributed by atoms with Crippen molar-refractivity contribution in [2.24, 2.45) is 0 Å². The molecular weight excluding hydrogens is 437 g/mol. The highest BCUT2D eigenvalue weighted by Gasteiger charge is 2.28. The van der Waals surface area contributed by atoms with Gasteiger partial charge in [-0.05, 0) is 60.9 Å². The molecule has 3 heterocycles. The fourth-order valence-electron chi connectivity index (χ4n) is 3.02. The molecule has 1 aliphatic heterocycles. The van der Waals surface area contributed by atoms with E-state index in [4.69, 9.17) is 0 Å². The quantitative estimate of drug-likeness (QED) is 0.558. The van der Waals surface area contributed by atoms with E-state index in [2.05, 4.69) is 50.9 Å². The minimum absolute atomic E-state index is 0.0748. The Hall–Kier alpha value is -1.55. The van der Waals surface area contributed by atoms with Crippen molar-refractivity contribution in [1.82, 2.24) is 24.7 Å². The number of aromatic nitrogens is 4. The summed E-state index contributed by atoms with van der Waals surface area (Å²) in [5.41, 5.74) is 1.03. The second-order valence-corrected chi connectivity index (χ2v) is 8.18. The van der Waals surface area contributed by atoms with E-state index >= 15 is 0 Å². The summed E-state index contributed by atoms with van der Waals surface area (Å²) >= 11 is 3.73. The van der Waals surface area contributed by atoms with Crippen molar-refractivity contribution in [3.63, 3.8) is 0 Å². The predicted molar refractivity (Wildman–Crippen MR) is 101 cm³/mol. The van der Waals surface area contributed by atoms with Gasteiger partial charge in [-0.15, -0.1) is 10.2 Å². The standard InChI is InChI=1S/C16H16IN5OS/c1-10-5-2-3-8-21(10)15(23)13-18-19-16-22(13)20-14(24-16)11-6-4-7-12(17)9-11/h4,6-7,9-10H,2-3,5,8H2,1H3. The Bertz CT molecular complexity index is 905. The molecule has 1 fully saturated rings. The molecule has 0 radical (unpaired) electrons. The molecule has 3 aromatic rings. The van der Waals surface area contributed by atoms with Crippen LogP contribution < -0.4 is 0 Å². The van der Waals surface area contributed by atoms with Gasteiger partial charge in [0.25, 0.3) is 5.91 Å². The normalized spacial score (nSPS) is 18.2. The van der Waals surface area contributed by atoms with Gasteiger partial charge in [-0.25, -0.2) is 0 Å². The molecule has 1 aromatic carbocycles. The Morgan fingerprint density at radius 2 is 2.21 bits per heavy atom. The topological polar surface area (TPSA) is 63.4 Å². The van der Waals surface area contributed by atoms with E-state index < -0.39 is 0 Å². The number of benzene rings is 1. The lowest BCUT2D eigenvalue weighted by atomic mass is 10.0. The molecular formula is C16H16IN5OS. The molecule has 2 aromatic heterocycles. The monoisotopic (exact) mass is 453 g/mol. The van der Waals surface area contributed by atoms with Gasteiger partial charge in [0.05, 0.1) is 0 Å². The number of rotatable bonds is 2. The third-order valence-electron chi connectivity index (χ3n) is 4.32. The predicted octanol–water partition coefficient (Wildman–Crippen LogP) is 3.47. The molecule has 1 atom stereocenters. The van der Waals surface area contributed by atoms with Crippen LogP contribution in [-0.2, 0) is 0 Å². The molecule has 4 rings (SSSR count). The third-order valence-corrected chi connectivity index (χ3v) is 5.94. The number of hydrogen-bond acceptors (Lipinski definition) is 5. The first kappa shape index (κ1) is 15.9. The smallest absolute Gasteiger partial charge is 0.293 e. The zero-order chi connectivity index (χ0) is 16.7. The van der Waals surface area contributed by atoms with Crippen LogP contribution in [0.1, 0.15) is 36.8 Å². The minimum Gasteiger partial charge on any atom is -0.333 e. The van der Waals surface area contributed by atoms with Crippen LogP contribution in [0.2, 0.25) is 0 Å². The van der Waals surface area contributed by atoms with Crippen LogP contribution in [0, 0.1) is 3.57 Å². The van der Waals surface area contributed by atoms with Crippen LogP contribution in [0.25, 0.3) is 15.5 Å². The Morgan fingerprint density at radius 3 is 3.00 bits per heavy atom. The summed E-state index contributed by atoms with van der Waals surface area (Å²) in [7, 11) is 0. The number of hydrogen-bond donors (Lipinski definition) is 0. The van der Waals surface area contributed by atoms with Crippen LogP contribution in [-0.4, -0.2) is 43.2 Å². The lowest BCUT2D eigenvalue weighted by Gasteiger charge is -2.32. The van der Waals surface area contributed by atoms with Crippen LogP contribution >= 0.6 is 33.9 Å². The van der Waals surface area contributed by atoms with Crippen LogP contribution in [0.4, 0.5) is 0 Å². The van der Waals surface area contributed by atoms with E-state index in [1.54, 1.807) is 4.52 Å². The molecule has 8 heteroatoms. The van der Waals surface area contributed by atoms with Gasteiger partial charge in [-0.1, -0.05) is 23.5 Å². The number of carbonyl (C=O) groups is 1. The van der Waals surface area contributed by atoms with E-state index in [0.717, 1.165) is 33.5 Å². The molecule has 0 bridgehead atoms. The van der Waals surface area contributed by atoms with Crippen molar-refractivity contribution in [2.45, 2.75) is 32.2 Å². The van der Waals surface area contributed by atoms with E-state index in [9.17, 15) is 4.79 Å². The minimum atomic E-state index is -0.0748. The molecule has 0 saturated carbocycles. The highest BCUT2D eigenvalue weighted by Crippen LogP contribution is 2.27. The first-order chi connectivity index (χ1) is 11.6. The maximum absolute atomic E-state index is 12.9. The summed E-state index contributed by atoms with van der Waals surface area (Å²) in [6.07, 6.45) is 3.26. The van der Waals surface area contributed by atoms with Crippen molar-refractivity contribution in [2.75, 3.05) is 6.54 Å². The van der Waals surface area contributed by atoms with Gasteiger partial charge in [-0.2, -0.15) is 9.61 Å². The number of nitrogens with zero attached hydrogens (tertiary/aromatic N) is 5. The Labute approximate surface area is 157 Å². The number of fused-ring (bicyclic) bond motifs is 1. The molecule has 1 aliphatic rings. The maximum Gasteiger partial charge on any atom is 0.293 e. The van der Waals surface area contributed by atoms with E-state index in [-0.39, 0.29) is 11.9 Å². The van der Waals surface area contributed by atoms with E-state index in [1.807, 2.05) is 23.1 Å². The fraction of sp³-hybridized carbons (Fsp3) is 0.375. The highest BCUT2D eigenvalue weighted by atomic mass is 127. The second kappa shape index (κ2) is 6.40. The largest absolute Gasteiger partial charge is 0.333 e. The number of likely N-dealkylation sites (tertiary alicyclic amines) is 1. The van der Waals surface area contributed by atoms with Crippen LogP contribution in [0.3, 0.4) is 0 Å². The zero-order valence-corrected chi connectivity index (χ0v) is 16.1. The zero-order valence-electron chi connectivity index (χ0n) is 13.1. The third kappa shape index (κ3) is 2.81. The maximum atomic E-state index is 12.9. The second-order valence-electron chi connectivity index (χ2n) is 5.98. The van der Waals surface area contributed by atoms with Gasteiger partial charge >= 0.3 is 0 Å². The average molecular weight is 453 g/mol. The number of piperidine rings is 1. The first-order valence-corrected chi connectivity index (χ1v) is 9.82. The average Bonchev–Trinajstić information content (AvgIpc) is 3.15. The Balaban J connectivity index is 1.71. The summed E-state index contributed by atoms with van der Waals surface area (Å²) in [6, 6.07) is 8.37. The Kier molecular flexibility index (Phi) is 4.25. The molecule has 124 valence electrons. The SMILES string of the molecule is CC1CCCCN1C(=O)c1nnc2sc(-c3cccc(I)c3)nn12. The van der Waals surface area contributed by atoms with Gasteiger partial charge < -0.3 is 4.90 Å². The van der Waals surface area contributed by atoms with Gasteiger partial charge in [0.2, 0.25) is 10.8 Å². The van der Waals surface area contributed by atoms with Crippen molar-refractivity contribution in [3.05, 3.63) is 33.7 Å². The summed E-state index contributed by atoms with van der Waals surface area (Å²) < 4.78 is 2.73. The Morgan fingerprint density at radius 1 is 1.33 bits per heavy atom. The number of carbonyl (C=O) groups excluding carboxylic acids is 1. The summed E-state index contributed by atoms with van der Waals surface area (Å²) in [5.74, 6) is 0.237. The van der Waals surface area contributed by atoms with Gasteiger partial charge in [0, 0.05) is 21.7 Å². The molecule has 1 saturated heterocycles. The van der Waals surface area contributed by atoms with Crippen molar-refractivity contribution in [3.8, 4) is 10.6 Å². The number of amides is 1. The van der Waals surface area contributed by atoms with E-state index in [0.29, 0.717) is 10.8 Å². The summed E-state index contributed by atoms with van der Waals surface area (Å²) in [6.45, 7) is 2.87. The summed E-state index contributed by atoms with van der Waals surface area (Å²) in [5, 5.41) is 13.7. The van der Waals surface area contributed by atoms with Crippen molar-refractivity contribution in [1.29, 1.82) is 0 Å². The molecule has 24 heavy (non-hydrogen) atoms. The summed E-state index contributed by atoms with van der Waals surface area (Å²) in [4.78, 5) is 15.4. The van der Waals surface area contributed by atoms with E-state index in [1.165, 1.54) is 17.8 Å². The van der Waals surface area contributed by atoms with Gasteiger partial charge in [0.15, 0.2) is 0 Å². The van der Waals surface area contributed by atoms with Crippen molar-refractivity contribution >= 4 is 44.8 Å². The lowest BCUT2D eigenvalue weighted by molar-refractivity contribution is 0.0620. The molecule has 6 nitrogen and oxygen atoms in total. The lowest BCUT2D eigenvalue weighted by Crippen LogP contribution is -2.42. The first-order valence-electron chi connectivity index (χ1n) is 7.92. The van der Waals surface area contributed by atoms with Crippen LogP contribution in [0.5, 0.6) is 0 Å². The molecule has 0 N–H and O–H groups in total. The molecule has 1 unspecified atom stereocenters. The van der Waals surface area contributed by atoms with Gasteiger partial charge in [-0.3, -0.25) is 4.79 Å². The molecule has 1 amide bonds. The fourth-order valence-corrected chi connectivity index (χ4v) is 4.40. The van der Waals surface area contributed by atoms with Crippen LogP contribution in [0.15, 0.2) is 24.3 Å².